The van der Waals surface area contributed by atoms with Gasteiger partial charge in [-0.15, -0.1) is 11.3 Å². The Balaban J connectivity index is 1.77. The molecule has 4 rings (SSSR count). The standard InChI is InChI=1S/C17H13N5O3S/c23-14-10-12(11-5-2-1-3-6-11)9-13(15-7-4-8-26-15)16(14)21-19-17(18-20-21)22(24)25/h1-8,10,13,16H,9H2/t13-,16+/m0/s1. The van der Waals surface area contributed by atoms with E-state index >= 15 is 0 Å². The van der Waals surface area contributed by atoms with Crippen LogP contribution in [0.5, 0.6) is 0 Å². The first-order valence-electron chi connectivity index (χ1n) is 7.90. The number of rotatable bonds is 4. The molecule has 130 valence electrons. The van der Waals surface area contributed by atoms with Crippen molar-refractivity contribution >= 4 is 28.6 Å². The Morgan fingerprint density at radius 3 is 2.65 bits per heavy atom. The molecule has 26 heavy (non-hydrogen) atoms. The smallest absolute Gasteiger partial charge is 0.390 e. The molecule has 0 amide bonds. The van der Waals surface area contributed by atoms with E-state index in [0.717, 1.165) is 20.8 Å². The molecule has 2 aromatic heterocycles. The van der Waals surface area contributed by atoms with E-state index in [-0.39, 0.29) is 11.7 Å². The van der Waals surface area contributed by atoms with E-state index in [1.165, 1.54) is 11.3 Å². The lowest BCUT2D eigenvalue weighted by Crippen LogP contribution is -2.30. The third-order valence-corrected chi connectivity index (χ3v) is 5.32. The molecule has 2 heterocycles. The van der Waals surface area contributed by atoms with Crippen LogP contribution in [-0.4, -0.2) is 30.9 Å². The van der Waals surface area contributed by atoms with Crippen molar-refractivity contribution in [1.29, 1.82) is 0 Å². The van der Waals surface area contributed by atoms with Crippen LogP contribution in [0.2, 0.25) is 0 Å². The molecule has 1 aliphatic carbocycles. The summed E-state index contributed by atoms with van der Waals surface area (Å²) in [6.07, 6.45) is 2.19. The van der Waals surface area contributed by atoms with Gasteiger partial charge in [-0.05, 0) is 40.0 Å². The number of tetrazole rings is 1. The maximum Gasteiger partial charge on any atom is 0.514 e. The Bertz CT molecular complexity index is 981. The predicted octanol–water partition coefficient (Wildman–Crippen LogP) is 3.02. The highest BCUT2D eigenvalue weighted by molar-refractivity contribution is 7.10. The van der Waals surface area contributed by atoms with Crippen molar-refractivity contribution in [3.05, 3.63) is 74.5 Å². The maximum atomic E-state index is 12.9. The van der Waals surface area contributed by atoms with Crippen molar-refractivity contribution in [1.82, 2.24) is 20.2 Å². The monoisotopic (exact) mass is 367 g/mol. The minimum atomic E-state index is -0.748. The van der Waals surface area contributed by atoms with Crippen LogP contribution < -0.4 is 0 Å². The van der Waals surface area contributed by atoms with Gasteiger partial charge in [0.1, 0.15) is 0 Å². The van der Waals surface area contributed by atoms with Crippen LogP contribution in [0.25, 0.3) is 5.57 Å². The Kier molecular flexibility index (Phi) is 4.13. The number of carbonyl (C=O) groups excluding carboxylic acids is 1. The molecule has 0 saturated carbocycles. The second-order valence-corrected chi connectivity index (χ2v) is 6.86. The van der Waals surface area contributed by atoms with Crippen molar-refractivity contribution in [2.75, 3.05) is 0 Å². The highest BCUT2D eigenvalue weighted by Crippen LogP contribution is 2.43. The summed E-state index contributed by atoms with van der Waals surface area (Å²) in [5.74, 6) is -1.02. The van der Waals surface area contributed by atoms with Crippen LogP contribution in [0.4, 0.5) is 5.95 Å². The van der Waals surface area contributed by atoms with Gasteiger partial charge in [-0.25, -0.2) is 0 Å². The lowest BCUT2D eigenvalue weighted by Gasteiger charge is -2.27. The second kappa shape index (κ2) is 6.60. The van der Waals surface area contributed by atoms with Crippen LogP contribution in [0.15, 0.2) is 53.9 Å². The predicted molar refractivity (Wildman–Crippen MR) is 94.6 cm³/mol. The first kappa shape index (κ1) is 16.3. The number of benzene rings is 1. The van der Waals surface area contributed by atoms with Crippen molar-refractivity contribution in [2.24, 2.45) is 0 Å². The lowest BCUT2D eigenvalue weighted by atomic mass is 9.80. The normalized spacial score (nSPS) is 20.0. The molecule has 0 saturated heterocycles. The lowest BCUT2D eigenvalue weighted by molar-refractivity contribution is -0.394. The molecule has 8 nitrogen and oxygen atoms in total. The molecular formula is C17H13N5O3S. The molecule has 2 atom stereocenters. The fourth-order valence-corrected chi connectivity index (χ4v) is 4.02. The third kappa shape index (κ3) is 2.93. The number of nitrogens with zero attached hydrogens (tertiary/aromatic N) is 5. The van der Waals surface area contributed by atoms with Gasteiger partial charge in [0.15, 0.2) is 11.8 Å². The third-order valence-electron chi connectivity index (χ3n) is 4.31. The number of thiophene rings is 1. The number of allylic oxidation sites excluding steroid dienone is 2. The van der Waals surface area contributed by atoms with Crippen LogP contribution >= 0.6 is 11.3 Å². The summed E-state index contributed by atoms with van der Waals surface area (Å²) in [6, 6.07) is 12.8. The molecular weight excluding hydrogens is 354 g/mol. The highest BCUT2D eigenvalue weighted by atomic mass is 32.1. The second-order valence-electron chi connectivity index (χ2n) is 5.88. The highest BCUT2D eigenvalue weighted by Gasteiger charge is 2.39. The summed E-state index contributed by atoms with van der Waals surface area (Å²) in [6.45, 7) is 0. The Morgan fingerprint density at radius 2 is 2.00 bits per heavy atom. The Hall–Kier alpha value is -3.20. The van der Waals surface area contributed by atoms with Gasteiger partial charge in [0.25, 0.3) is 0 Å². The van der Waals surface area contributed by atoms with E-state index in [1.807, 2.05) is 47.8 Å². The van der Waals surface area contributed by atoms with E-state index in [0.29, 0.717) is 6.42 Å². The molecule has 0 spiro atoms. The molecule has 0 bridgehead atoms. The molecule has 0 aliphatic heterocycles. The van der Waals surface area contributed by atoms with Gasteiger partial charge in [-0.2, -0.15) is 0 Å². The van der Waals surface area contributed by atoms with E-state index in [9.17, 15) is 14.9 Å². The Morgan fingerprint density at radius 1 is 1.19 bits per heavy atom. The largest absolute Gasteiger partial charge is 0.514 e. The first-order chi connectivity index (χ1) is 12.6. The van der Waals surface area contributed by atoms with Gasteiger partial charge in [0.05, 0.1) is 10.2 Å². The fourth-order valence-electron chi connectivity index (χ4n) is 3.16. The minimum Gasteiger partial charge on any atom is -0.390 e. The summed E-state index contributed by atoms with van der Waals surface area (Å²) in [7, 11) is 0. The van der Waals surface area contributed by atoms with E-state index in [4.69, 9.17) is 0 Å². The zero-order valence-corrected chi connectivity index (χ0v) is 14.2. The zero-order valence-electron chi connectivity index (χ0n) is 13.4. The number of hydrogen-bond donors (Lipinski definition) is 0. The number of nitro groups is 1. The van der Waals surface area contributed by atoms with Crippen molar-refractivity contribution in [2.45, 2.75) is 18.4 Å². The number of hydrogen-bond acceptors (Lipinski definition) is 7. The molecule has 0 unspecified atom stereocenters. The maximum absolute atomic E-state index is 12.9. The molecule has 0 N–H and O–H groups in total. The van der Waals surface area contributed by atoms with Gasteiger partial charge < -0.3 is 10.1 Å². The molecule has 1 aromatic carbocycles. The SMILES string of the molecule is O=C1C=C(c2ccccc2)C[C@@H](c2cccs2)[C@H]1n1nnc([N+](=O)[O-])n1. The number of carbonyl (C=O) groups is 1. The summed E-state index contributed by atoms with van der Waals surface area (Å²) in [4.78, 5) is 25.1. The fraction of sp³-hybridized carbons (Fsp3) is 0.176. The summed E-state index contributed by atoms with van der Waals surface area (Å²) >= 11 is 1.54. The van der Waals surface area contributed by atoms with E-state index in [1.54, 1.807) is 6.08 Å². The first-order valence-corrected chi connectivity index (χ1v) is 8.78. The zero-order chi connectivity index (χ0) is 18.1. The topological polar surface area (TPSA) is 104 Å². The van der Waals surface area contributed by atoms with Crippen LogP contribution in [-0.2, 0) is 4.79 Å². The van der Waals surface area contributed by atoms with Gasteiger partial charge in [0.2, 0.25) is 0 Å². The van der Waals surface area contributed by atoms with Gasteiger partial charge >= 0.3 is 5.95 Å². The average Bonchev–Trinajstić information content (AvgIpc) is 3.34. The molecule has 0 radical (unpaired) electrons. The van der Waals surface area contributed by atoms with Crippen molar-refractivity contribution < 1.29 is 9.72 Å². The quantitative estimate of drug-likeness (QED) is 0.518. The van der Waals surface area contributed by atoms with Crippen LogP contribution in [0.3, 0.4) is 0 Å². The van der Waals surface area contributed by atoms with E-state index in [2.05, 4.69) is 15.4 Å². The molecule has 3 aromatic rings. The van der Waals surface area contributed by atoms with E-state index < -0.39 is 16.9 Å². The minimum absolute atomic E-state index is 0.194. The van der Waals surface area contributed by atoms with Crippen molar-refractivity contribution in [3.8, 4) is 0 Å². The number of ketones is 1. The molecule has 0 fully saturated rings. The van der Waals surface area contributed by atoms with Gasteiger partial charge in [0, 0.05) is 16.0 Å². The summed E-state index contributed by atoms with van der Waals surface area (Å²) in [5.41, 5.74) is 1.92. The summed E-state index contributed by atoms with van der Waals surface area (Å²) in [5, 5.41) is 23.8. The van der Waals surface area contributed by atoms with Crippen molar-refractivity contribution in [3.63, 3.8) is 0 Å². The summed E-state index contributed by atoms with van der Waals surface area (Å²) < 4.78 is 0. The average molecular weight is 367 g/mol. The van der Waals surface area contributed by atoms with Crippen LogP contribution in [0, 0.1) is 10.1 Å². The molecule has 1 aliphatic rings. The van der Waals surface area contributed by atoms with Gasteiger partial charge in [-0.3, -0.25) is 4.79 Å². The van der Waals surface area contributed by atoms with Crippen LogP contribution in [0.1, 0.15) is 28.8 Å². The Labute approximate surface area is 151 Å². The van der Waals surface area contributed by atoms with Gasteiger partial charge in [-0.1, -0.05) is 41.2 Å². The molecule has 9 heteroatoms. The number of aromatic nitrogens is 4.